The Bertz CT molecular complexity index is 1130. The summed E-state index contributed by atoms with van der Waals surface area (Å²) in [7, 11) is 4.03. The summed E-state index contributed by atoms with van der Waals surface area (Å²) < 4.78 is 7.35. The molecule has 0 radical (unpaired) electrons. The third kappa shape index (κ3) is 3.52. The maximum Gasteiger partial charge on any atom is 0.257 e. The molecule has 1 unspecified atom stereocenters. The zero-order valence-electron chi connectivity index (χ0n) is 19.2. The van der Waals surface area contributed by atoms with Gasteiger partial charge in [-0.3, -0.25) is 14.4 Å². The summed E-state index contributed by atoms with van der Waals surface area (Å²) in [6.07, 6.45) is 2.97. The zero-order chi connectivity index (χ0) is 22.5. The molecule has 8 heteroatoms. The predicted octanol–water partition coefficient (Wildman–Crippen LogP) is 3.39. The number of aromatic nitrogens is 4. The quantitative estimate of drug-likeness (QED) is 0.629. The highest BCUT2D eigenvalue weighted by Crippen LogP contribution is 2.48. The highest BCUT2D eigenvalue weighted by Gasteiger charge is 2.47. The molecule has 2 aliphatic heterocycles. The van der Waals surface area contributed by atoms with E-state index in [0.29, 0.717) is 5.89 Å². The van der Waals surface area contributed by atoms with Crippen molar-refractivity contribution < 1.29 is 9.32 Å². The second-order valence-corrected chi connectivity index (χ2v) is 9.42. The molecule has 8 nitrogen and oxygen atoms in total. The number of carbonyl (C=O) groups is 1. The Morgan fingerprint density at radius 3 is 2.50 bits per heavy atom. The molecule has 2 aromatic heterocycles. The van der Waals surface area contributed by atoms with Crippen molar-refractivity contribution in [3.8, 4) is 11.5 Å². The first kappa shape index (κ1) is 20.9. The van der Waals surface area contributed by atoms with E-state index in [-0.39, 0.29) is 17.4 Å². The van der Waals surface area contributed by atoms with Crippen molar-refractivity contribution in [1.82, 2.24) is 29.7 Å². The fraction of sp³-hybridized carbons (Fsp3) is 0.500. The topological polar surface area (TPSA) is 80.3 Å². The summed E-state index contributed by atoms with van der Waals surface area (Å²) in [6.45, 7) is 6.41. The number of piperidine rings is 1. The van der Waals surface area contributed by atoms with E-state index in [9.17, 15) is 4.79 Å². The average Bonchev–Trinajstić information content (AvgIpc) is 3.46. The van der Waals surface area contributed by atoms with Crippen LogP contribution in [0.2, 0.25) is 0 Å². The third-order valence-corrected chi connectivity index (χ3v) is 7.34. The normalized spacial score (nSPS) is 20.9. The number of benzene rings is 1. The first-order valence-electron chi connectivity index (χ1n) is 11.3. The van der Waals surface area contributed by atoms with Gasteiger partial charge in [-0.05, 0) is 57.7 Å². The van der Waals surface area contributed by atoms with Crippen molar-refractivity contribution in [2.24, 2.45) is 12.5 Å². The minimum absolute atomic E-state index is 0.108. The Morgan fingerprint density at radius 1 is 1.12 bits per heavy atom. The summed E-state index contributed by atoms with van der Waals surface area (Å²) >= 11 is 0. The second kappa shape index (κ2) is 7.85. The van der Waals surface area contributed by atoms with Crippen LogP contribution in [0.4, 0.5) is 0 Å². The van der Waals surface area contributed by atoms with Gasteiger partial charge in [0.05, 0.1) is 17.3 Å². The summed E-state index contributed by atoms with van der Waals surface area (Å²) in [5.74, 6) is 1.43. The Balaban J connectivity index is 1.27. The molecule has 168 valence electrons. The van der Waals surface area contributed by atoms with E-state index in [1.165, 1.54) is 0 Å². The van der Waals surface area contributed by atoms with Gasteiger partial charge < -0.3 is 9.42 Å². The van der Waals surface area contributed by atoms with E-state index in [1.54, 1.807) is 4.68 Å². The number of carbonyl (C=O) groups excluding carboxylic acids is 1. The minimum atomic E-state index is 0.108. The van der Waals surface area contributed by atoms with Crippen LogP contribution >= 0.6 is 0 Å². The van der Waals surface area contributed by atoms with Crippen LogP contribution in [-0.4, -0.2) is 62.3 Å². The van der Waals surface area contributed by atoms with Crippen LogP contribution in [-0.2, 0) is 7.05 Å². The lowest BCUT2D eigenvalue weighted by atomic mass is 9.76. The lowest BCUT2D eigenvalue weighted by molar-refractivity contribution is 0.0592. The molecule has 4 heterocycles. The lowest BCUT2D eigenvalue weighted by Crippen LogP contribution is -2.44. The molecule has 1 amide bonds. The predicted molar refractivity (Wildman–Crippen MR) is 120 cm³/mol. The van der Waals surface area contributed by atoms with Crippen LogP contribution in [0.15, 0.2) is 34.9 Å². The van der Waals surface area contributed by atoms with Gasteiger partial charge in [0.2, 0.25) is 0 Å². The van der Waals surface area contributed by atoms with Crippen LogP contribution in [0.1, 0.15) is 52.9 Å². The van der Waals surface area contributed by atoms with Crippen molar-refractivity contribution in [3.63, 3.8) is 0 Å². The monoisotopic (exact) mass is 434 g/mol. The fourth-order valence-electron chi connectivity index (χ4n) is 5.41. The van der Waals surface area contributed by atoms with Gasteiger partial charge in [-0.2, -0.15) is 10.1 Å². The molecular weight excluding hydrogens is 404 g/mol. The first-order valence-corrected chi connectivity index (χ1v) is 11.3. The van der Waals surface area contributed by atoms with Crippen molar-refractivity contribution in [3.05, 3.63) is 53.1 Å². The number of hydrogen-bond donors (Lipinski definition) is 0. The molecule has 5 rings (SSSR count). The number of likely N-dealkylation sites (tertiary alicyclic amines) is 2. The first-order chi connectivity index (χ1) is 15.4. The summed E-state index contributed by atoms with van der Waals surface area (Å²) in [5, 5.41) is 8.72. The van der Waals surface area contributed by atoms with Gasteiger partial charge in [0.25, 0.3) is 11.8 Å². The maximum absolute atomic E-state index is 13.2. The largest absolute Gasteiger partial charge is 0.338 e. The van der Waals surface area contributed by atoms with Crippen LogP contribution < -0.4 is 0 Å². The van der Waals surface area contributed by atoms with E-state index in [2.05, 4.69) is 22.2 Å². The Labute approximate surface area is 188 Å². The van der Waals surface area contributed by atoms with Gasteiger partial charge in [0.15, 0.2) is 5.82 Å². The number of aryl methyl sites for hydroxylation is 2. The lowest BCUT2D eigenvalue weighted by Gasteiger charge is -2.39. The molecule has 3 aromatic rings. The van der Waals surface area contributed by atoms with E-state index >= 15 is 0 Å². The SMILES string of the molecule is Cc1nn(C)c(C)c1C(=O)N1CCC2(CC1)CC(c1noc(-c3ccccc3)n1)N(C)C2. The second-order valence-electron chi connectivity index (χ2n) is 9.42. The standard InChI is InChI=1S/C24H30N6O2/c1-16-20(17(2)29(4)26-16)23(31)30-12-10-24(11-13-30)14-19(28(3)15-24)21-25-22(32-27-21)18-8-6-5-7-9-18/h5-9,19H,10-15H2,1-4H3. The number of rotatable bonds is 3. The van der Waals surface area contributed by atoms with E-state index in [0.717, 1.165) is 67.2 Å². The molecule has 1 aromatic carbocycles. The Kier molecular flexibility index (Phi) is 5.12. The van der Waals surface area contributed by atoms with Crippen molar-refractivity contribution in [1.29, 1.82) is 0 Å². The molecule has 0 saturated carbocycles. The van der Waals surface area contributed by atoms with Gasteiger partial charge in [-0.1, -0.05) is 23.4 Å². The van der Waals surface area contributed by atoms with Gasteiger partial charge in [-0.25, -0.2) is 0 Å². The Hall–Kier alpha value is -3.00. The molecule has 2 fully saturated rings. The number of amides is 1. The molecule has 1 spiro atoms. The molecule has 0 aliphatic carbocycles. The Morgan fingerprint density at radius 2 is 1.84 bits per heavy atom. The number of nitrogens with zero attached hydrogens (tertiary/aromatic N) is 6. The van der Waals surface area contributed by atoms with E-state index < -0.39 is 0 Å². The van der Waals surface area contributed by atoms with Gasteiger partial charge in [0.1, 0.15) is 0 Å². The van der Waals surface area contributed by atoms with Crippen molar-refractivity contribution in [2.45, 2.75) is 39.2 Å². The van der Waals surface area contributed by atoms with Gasteiger partial charge >= 0.3 is 0 Å². The maximum atomic E-state index is 13.2. The van der Waals surface area contributed by atoms with Gasteiger partial charge in [-0.15, -0.1) is 0 Å². The third-order valence-electron chi connectivity index (χ3n) is 7.34. The molecular formula is C24H30N6O2. The summed E-state index contributed by atoms with van der Waals surface area (Å²) in [6, 6.07) is 10.0. The van der Waals surface area contributed by atoms with Crippen molar-refractivity contribution in [2.75, 3.05) is 26.7 Å². The molecule has 2 saturated heterocycles. The van der Waals surface area contributed by atoms with Crippen LogP contribution in [0.3, 0.4) is 0 Å². The molecule has 0 N–H and O–H groups in total. The summed E-state index contributed by atoms with van der Waals surface area (Å²) in [5.41, 5.74) is 3.62. The highest BCUT2D eigenvalue weighted by molar-refractivity contribution is 5.96. The van der Waals surface area contributed by atoms with Gasteiger partial charge in [0, 0.05) is 37.9 Å². The molecule has 1 atom stereocenters. The average molecular weight is 435 g/mol. The van der Waals surface area contributed by atoms with Crippen LogP contribution in [0.25, 0.3) is 11.5 Å². The minimum Gasteiger partial charge on any atom is -0.338 e. The number of hydrogen-bond acceptors (Lipinski definition) is 6. The highest BCUT2D eigenvalue weighted by atomic mass is 16.5. The van der Waals surface area contributed by atoms with Crippen LogP contribution in [0.5, 0.6) is 0 Å². The molecule has 32 heavy (non-hydrogen) atoms. The fourth-order valence-corrected chi connectivity index (χ4v) is 5.41. The molecule has 2 aliphatic rings. The van der Waals surface area contributed by atoms with E-state index in [1.807, 2.05) is 56.1 Å². The van der Waals surface area contributed by atoms with E-state index in [4.69, 9.17) is 9.51 Å². The summed E-state index contributed by atoms with van der Waals surface area (Å²) in [4.78, 5) is 22.2. The zero-order valence-corrected chi connectivity index (χ0v) is 19.2. The molecule has 0 bridgehead atoms. The smallest absolute Gasteiger partial charge is 0.257 e. The van der Waals surface area contributed by atoms with Crippen molar-refractivity contribution >= 4 is 5.91 Å². The van der Waals surface area contributed by atoms with Crippen LogP contribution in [0, 0.1) is 19.3 Å².